The van der Waals surface area contributed by atoms with Crippen LogP contribution in [-0.4, -0.2) is 20.7 Å². The Morgan fingerprint density at radius 1 is 1.28 bits per heavy atom. The first-order valence-electron chi connectivity index (χ1n) is 7.53. The molecule has 1 aromatic carbocycles. The third-order valence-electron chi connectivity index (χ3n) is 3.45. The predicted molar refractivity (Wildman–Crippen MR) is 87.0 cm³/mol. The van der Waals surface area contributed by atoms with Gasteiger partial charge in [-0.05, 0) is 23.8 Å². The fraction of sp³-hybridized carbons (Fsp3) is 0.176. The minimum absolute atomic E-state index is 0.172. The number of carbonyl (C=O) groups is 1. The normalized spacial score (nSPS) is 10.6. The first-order valence-corrected chi connectivity index (χ1v) is 7.53. The second-order valence-corrected chi connectivity index (χ2v) is 5.42. The van der Waals surface area contributed by atoms with Gasteiger partial charge >= 0.3 is 0 Å². The number of rotatable bonds is 5. The zero-order valence-corrected chi connectivity index (χ0v) is 13.4. The maximum atomic E-state index is 13.1. The van der Waals surface area contributed by atoms with Crippen molar-refractivity contribution >= 4 is 5.91 Å². The lowest BCUT2D eigenvalue weighted by Gasteiger charge is -2.08. The Kier molecular flexibility index (Phi) is 4.69. The highest BCUT2D eigenvalue weighted by Gasteiger charge is 2.10. The van der Waals surface area contributed by atoms with E-state index in [-0.39, 0.29) is 36.3 Å². The van der Waals surface area contributed by atoms with Crippen LogP contribution in [0.3, 0.4) is 0 Å². The summed E-state index contributed by atoms with van der Waals surface area (Å²) in [7, 11) is 0. The molecule has 0 aliphatic carbocycles. The lowest BCUT2D eigenvalue weighted by Crippen LogP contribution is -2.31. The summed E-state index contributed by atoms with van der Waals surface area (Å²) in [5.74, 6) is -0.0669. The lowest BCUT2D eigenvalue weighted by atomic mass is 10.2. The molecule has 1 N–H and O–H groups in total. The van der Waals surface area contributed by atoms with Crippen LogP contribution in [0.25, 0.3) is 11.5 Å². The van der Waals surface area contributed by atoms with E-state index in [1.54, 1.807) is 25.1 Å². The van der Waals surface area contributed by atoms with Gasteiger partial charge in [-0.3, -0.25) is 9.59 Å². The van der Waals surface area contributed by atoms with E-state index in [1.807, 2.05) is 0 Å². The summed E-state index contributed by atoms with van der Waals surface area (Å²) in [5.41, 5.74) is 0.842. The molecule has 3 rings (SSSR count). The van der Waals surface area contributed by atoms with Crippen molar-refractivity contribution in [3.8, 4) is 11.5 Å². The number of halogens is 1. The van der Waals surface area contributed by atoms with Gasteiger partial charge in [-0.2, -0.15) is 0 Å². The Morgan fingerprint density at radius 2 is 2.12 bits per heavy atom. The maximum absolute atomic E-state index is 13.1. The summed E-state index contributed by atoms with van der Waals surface area (Å²) in [5, 5.41) is 10.3. The van der Waals surface area contributed by atoms with E-state index in [9.17, 15) is 14.0 Å². The molecule has 0 saturated carbocycles. The number of aryl methyl sites for hydroxylation is 1. The van der Waals surface area contributed by atoms with Crippen LogP contribution in [0.15, 0.2) is 51.8 Å². The molecule has 25 heavy (non-hydrogen) atoms. The molecule has 1 amide bonds. The molecule has 7 nitrogen and oxygen atoms in total. The van der Waals surface area contributed by atoms with E-state index in [0.717, 1.165) is 0 Å². The number of aromatic nitrogens is 3. The van der Waals surface area contributed by atoms with Gasteiger partial charge in [-0.1, -0.05) is 12.1 Å². The molecule has 2 heterocycles. The number of nitrogens with zero attached hydrogens (tertiary/aromatic N) is 3. The minimum atomic E-state index is -0.370. The molecule has 3 aromatic rings. The molecule has 0 bridgehead atoms. The smallest absolute Gasteiger partial charge is 0.251 e. The van der Waals surface area contributed by atoms with Crippen molar-refractivity contribution in [2.45, 2.75) is 20.0 Å². The quantitative estimate of drug-likeness (QED) is 0.762. The van der Waals surface area contributed by atoms with Crippen molar-refractivity contribution in [3.05, 3.63) is 70.2 Å². The molecular formula is C17H15FN4O3. The van der Waals surface area contributed by atoms with E-state index >= 15 is 0 Å². The summed E-state index contributed by atoms with van der Waals surface area (Å²) in [6.07, 6.45) is 1.48. The zero-order chi connectivity index (χ0) is 17.8. The average Bonchev–Trinajstić information content (AvgIpc) is 3.01. The van der Waals surface area contributed by atoms with Gasteiger partial charge in [0.15, 0.2) is 0 Å². The predicted octanol–water partition coefficient (Wildman–Crippen LogP) is 1.66. The van der Waals surface area contributed by atoms with Crippen LogP contribution in [0.4, 0.5) is 4.39 Å². The molecule has 128 valence electrons. The van der Waals surface area contributed by atoms with Crippen molar-refractivity contribution in [3.63, 3.8) is 0 Å². The molecule has 0 radical (unpaired) electrons. The van der Waals surface area contributed by atoms with Crippen LogP contribution in [-0.2, 0) is 17.9 Å². The maximum Gasteiger partial charge on any atom is 0.251 e. The number of amides is 1. The van der Waals surface area contributed by atoms with Gasteiger partial charge in [-0.25, -0.2) is 4.39 Å². The van der Waals surface area contributed by atoms with Crippen LogP contribution >= 0.6 is 0 Å². The molecular weight excluding hydrogens is 327 g/mol. The van der Waals surface area contributed by atoms with Crippen molar-refractivity contribution < 1.29 is 13.6 Å². The molecule has 8 heteroatoms. The first kappa shape index (κ1) is 16.6. The summed E-state index contributed by atoms with van der Waals surface area (Å²) in [6.45, 7) is 1.66. The van der Waals surface area contributed by atoms with Crippen molar-refractivity contribution in [1.82, 2.24) is 20.1 Å². The molecule has 2 aromatic heterocycles. The van der Waals surface area contributed by atoms with E-state index in [1.165, 1.54) is 29.0 Å². The van der Waals surface area contributed by atoms with Crippen LogP contribution in [0.5, 0.6) is 0 Å². The van der Waals surface area contributed by atoms with Crippen molar-refractivity contribution in [2.75, 3.05) is 0 Å². The molecule has 0 spiro atoms. The monoisotopic (exact) mass is 342 g/mol. The fourth-order valence-electron chi connectivity index (χ4n) is 2.25. The molecule has 0 aliphatic rings. The minimum Gasteiger partial charge on any atom is -0.421 e. The molecule has 0 unspecified atom stereocenters. The lowest BCUT2D eigenvalue weighted by molar-refractivity contribution is -0.121. The number of nitrogens with one attached hydrogen (secondary N) is 1. The third-order valence-corrected chi connectivity index (χ3v) is 3.45. The highest BCUT2D eigenvalue weighted by molar-refractivity contribution is 5.75. The summed E-state index contributed by atoms with van der Waals surface area (Å²) in [6, 6.07) is 8.82. The largest absolute Gasteiger partial charge is 0.421 e. The van der Waals surface area contributed by atoms with Gasteiger partial charge in [-0.15, -0.1) is 10.2 Å². The molecule has 0 fully saturated rings. The van der Waals surface area contributed by atoms with Crippen LogP contribution in [0.2, 0.25) is 0 Å². The van der Waals surface area contributed by atoms with Crippen molar-refractivity contribution in [1.29, 1.82) is 0 Å². The Labute approximate surface area is 142 Å². The number of pyridine rings is 1. The van der Waals surface area contributed by atoms with Gasteiger partial charge in [0.05, 0.1) is 5.56 Å². The Hall–Kier alpha value is -3.29. The van der Waals surface area contributed by atoms with Gasteiger partial charge in [0.25, 0.3) is 5.56 Å². The van der Waals surface area contributed by atoms with Gasteiger partial charge in [0.1, 0.15) is 12.4 Å². The Balaban J connectivity index is 1.69. The molecule has 0 atom stereocenters. The van der Waals surface area contributed by atoms with Gasteiger partial charge in [0.2, 0.25) is 17.7 Å². The molecule has 0 aliphatic heterocycles. The second kappa shape index (κ2) is 7.08. The summed E-state index contributed by atoms with van der Waals surface area (Å²) >= 11 is 0. The second-order valence-electron chi connectivity index (χ2n) is 5.42. The third kappa shape index (κ3) is 4.17. The highest BCUT2D eigenvalue weighted by Crippen LogP contribution is 2.15. The van der Waals surface area contributed by atoms with E-state index < -0.39 is 0 Å². The van der Waals surface area contributed by atoms with E-state index in [4.69, 9.17) is 4.42 Å². The molecule has 0 saturated heterocycles. The topological polar surface area (TPSA) is 90.0 Å². The summed E-state index contributed by atoms with van der Waals surface area (Å²) in [4.78, 5) is 24.0. The van der Waals surface area contributed by atoms with Crippen molar-refractivity contribution in [2.24, 2.45) is 0 Å². The number of hydrogen-bond acceptors (Lipinski definition) is 5. The average molecular weight is 342 g/mol. The van der Waals surface area contributed by atoms with Gasteiger partial charge in [0, 0.05) is 25.7 Å². The summed E-state index contributed by atoms with van der Waals surface area (Å²) < 4.78 is 19.7. The Morgan fingerprint density at radius 3 is 2.84 bits per heavy atom. The van der Waals surface area contributed by atoms with Crippen LogP contribution in [0.1, 0.15) is 11.5 Å². The standard InChI is InChI=1S/C17H15FN4O3/c1-11-20-21-17(25-11)13-5-6-16(24)22(9-13)10-15(23)19-8-12-3-2-4-14(18)7-12/h2-7,9H,8,10H2,1H3,(H,19,23). The zero-order valence-electron chi connectivity index (χ0n) is 13.4. The van der Waals surface area contributed by atoms with Gasteiger partial charge < -0.3 is 14.3 Å². The number of hydrogen-bond donors (Lipinski definition) is 1. The van der Waals surface area contributed by atoms with E-state index in [0.29, 0.717) is 17.0 Å². The van der Waals surface area contributed by atoms with Crippen LogP contribution < -0.4 is 10.9 Å². The number of benzene rings is 1. The fourth-order valence-corrected chi connectivity index (χ4v) is 2.25. The van der Waals surface area contributed by atoms with E-state index in [2.05, 4.69) is 15.5 Å². The number of carbonyl (C=O) groups excluding carboxylic acids is 1. The SMILES string of the molecule is Cc1nnc(-c2ccc(=O)n(CC(=O)NCc3cccc(F)c3)c2)o1. The Bertz CT molecular complexity index is 964. The van der Waals surface area contributed by atoms with Crippen LogP contribution in [0, 0.1) is 12.7 Å². The highest BCUT2D eigenvalue weighted by atomic mass is 19.1. The first-order chi connectivity index (χ1) is 12.0.